The molecule has 0 aliphatic heterocycles. The summed E-state index contributed by atoms with van der Waals surface area (Å²) in [5.74, 6) is -1.17. The number of benzene rings is 1. The zero-order valence-corrected chi connectivity index (χ0v) is 15.4. The summed E-state index contributed by atoms with van der Waals surface area (Å²) in [6, 6.07) is 6.63. The lowest BCUT2D eigenvalue weighted by Crippen LogP contribution is -2.18. The zero-order chi connectivity index (χ0) is 20.6. The van der Waals surface area contributed by atoms with E-state index < -0.39 is 29.0 Å². The first-order valence-corrected chi connectivity index (χ1v) is 8.49. The van der Waals surface area contributed by atoms with Crippen molar-refractivity contribution in [3.63, 3.8) is 0 Å². The summed E-state index contributed by atoms with van der Waals surface area (Å²) < 4.78 is 55.9. The lowest BCUT2D eigenvalue weighted by atomic mass is 10.2. The smallest absolute Gasteiger partial charge is 0.350 e. The van der Waals surface area contributed by atoms with Gasteiger partial charge in [0.25, 0.3) is 5.91 Å². The minimum absolute atomic E-state index is 0.180. The van der Waals surface area contributed by atoms with E-state index in [1.807, 2.05) is 0 Å². The van der Waals surface area contributed by atoms with Crippen LogP contribution in [0.15, 0.2) is 42.7 Å². The number of carbonyl (C=O) groups excluding carboxylic acids is 1. The number of halogens is 4. The Balaban J connectivity index is 1.98. The summed E-state index contributed by atoms with van der Waals surface area (Å²) in [5, 5.41) is 6.69. The van der Waals surface area contributed by atoms with Crippen LogP contribution in [0.4, 0.5) is 23.4 Å². The summed E-state index contributed by atoms with van der Waals surface area (Å²) >= 11 is 0. The van der Waals surface area contributed by atoms with E-state index in [1.165, 1.54) is 45.8 Å². The normalized spacial score (nSPS) is 11.9. The van der Waals surface area contributed by atoms with Crippen molar-refractivity contribution in [2.24, 2.45) is 0 Å². The number of carbonyl (C=O) groups is 1. The molecule has 0 aliphatic rings. The first-order chi connectivity index (χ1) is 13.1. The van der Waals surface area contributed by atoms with Crippen LogP contribution in [0.25, 0.3) is 5.69 Å². The third kappa shape index (κ3) is 3.92. The molecule has 0 spiro atoms. The Morgan fingerprint density at radius 2 is 1.79 bits per heavy atom. The summed E-state index contributed by atoms with van der Waals surface area (Å²) in [7, 11) is 0. The Hall–Kier alpha value is -3.10. The highest BCUT2D eigenvalue weighted by molar-refractivity contribution is 6.05. The number of rotatable bonds is 4. The third-order valence-electron chi connectivity index (χ3n) is 4.14. The Kier molecular flexibility index (Phi) is 5.01. The molecule has 0 atom stereocenters. The van der Waals surface area contributed by atoms with Gasteiger partial charge in [0.05, 0.1) is 22.5 Å². The number of nitrogens with zero attached hydrogens (tertiary/aromatic N) is 3. The largest absolute Gasteiger partial charge is 0.418 e. The fourth-order valence-corrected chi connectivity index (χ4v) is 2.73. The number of aromatic nitrogens is 3. The Morgan fingerprint density at radius 3 is 2.36 bits per heavy atom. The van der Waals surface area contributed by atoms with E-state index in [-0.39, 0.29) is 11.9 Å². The number of anilines is 1. The van der Waals surface area contributed by atoms with Crippen LogP contribution in [0.3, 0.4) is 0 Å². The van der Waals surface area contributed by atoms with Gasteiger partial charge in [0.15, 0.2) is 0 Å². The molecule has 3 aromatic rings. The van der Waals surface area contributed by atoms with Crippen LogP contribution in [0.2, 0.25) is 0 Å². The maximum atomic E-state index is 13.4. The summed E-state index contributed by atoms with van der Waals surface area (Å²) in [6.07, 6.45) is -2.57. The second kappa shape index (κ2) is 7.14. The van der Waals surface area contributed by atoms with Gasteiger partial charge in [-0.1, -0.05) is 0 Å². The molecule has 1 aromatic carbocycles. The van der Waals surface area contributed by atoms with Crippen LogP contribution in [0.5, 0.6) is 0 Å². The molecule has 0 saturated heterocycles. The summed E-state index contributed by atoms with van der Waals surface area (Å²) in [4.78, 5) is 12.6. The number of hydrogen-bond acceptors (Lipinski definition) is 2. The monoisotopic (exact) mass is 394 g/mol. The number of alkyl halides is 3. The first kappa shape index (κ1) is 19.7. The molecule has 0 fully saturated rings. The average molecular weight is 394 g/mol. The number of nitrogens with one attached hydrogen (secondary N) is 1. The molecule has 0 radical (unpaired) electrons. The third-order valence-corrected chi connectivity index (χ3v) is 4.14. The van der Waals surface area contributed by atoms with E-state index in [0.29, 0.717) is 11.4 Å². The zero-order valence-electron chi connectivity index (χ0n) is 15.4. The van der Waals surface area contributed by atoms with Crippen LogP contribution in [-0.2, 0) is 6.18 Å². The molecule has 9 heteroatoms. The Labute approximate surface area is 158 Å². The van der Waals surface area contributed by atoms with Crippen LogP contribution in [0, 0.1) is 12.7 Å². The van der Waals surface area contributed by atoms with Gasteiger partial charge in [-0.3, -0.25) is 4.79 Å². The second-order valence-electron chi connectivity index (χ2n) is 6.64. The Morgan fingerprint density at radius 1 is 1.14 bits per heavy atom. The molecule has 0 unspecified atom stereocenters. The minimum atomic E-state index is -4.67. The lowest BCUT2D eigenvalue weighted by Gasteiger charge is -2.10. The van der Waals surface area contributed by atoms with Crippen molar-refractivity contribution in [1.82, 2.24) is 14.3 Å². The standard InChI is InChI=1S/C19H18F4N4O/c1-11(2)26-9-15(16(10-26)19(21,22)23)18(28)24-17-8-12(3)25-27(17)14-6-4-13(20)5-7-14/h4-11H,1-3H3,(H,24,28). The van der Waals surface area contributed by atoms with E-state index in [1.54, 1.807) is 20.8 Å². The van der Waals surface area contributed by atoms with Crippen molar-refractivity contribution in [1.29, 1.82) is 0 Å². The van der Waals surface area contributed by atoms with Gasteiger partial charge in [0.1, 0.15) is 11.6 Å². The highest BCUT2D eigenvalue weighted by Gasteiger charge is 2.37. The minimum Gasteiger partial charge on any atom is -0.350 e. The van der Waals surface area contributed by atoms with Gasteiger partial charge < -0.3 is 9.88 Å². The predicted octanol–water partition coefficient (Wildman–Crippen LogP) is 4.97. The van der Waals surface area contributed by atoms with Crippen LogP contribution < -0.4 is 5.32 Å². The van der Waals surface area contributed by atoms with Crippen LogP contribution in [-0.4, -0.2) is 20.3 Å². The van der Waals surface area contributed by atoms with Crippen LogP contribution >= 0.6 is 0 Å². The molecule has 5 nitrogen and oxygen atoms in total. The van der Waals surface area contributed by atoms with Gasteiger partial charge in [-0.2, -0.15) is 18.3 Å². The molecule has 0 bridgehead atoms. The molecule has 1 N–H and O–H groups in total. The van der Waals surface area contributed by atoms with E-state index in [4.69, 9.17) is 0 Å². The van der Waals surface area contributed by atoms with Gasteiger partial charge in [-0.15, -0.1) is 0 Å². The maximum Gasteiger partial charge on any atom is 0.418 e. The molecular formula is C19H18F4N4O. The topological polar surface area (TPSA) is 51.9 Å². The van der Waals surface area contributed by atoms with Gasteiger partial charge in [-0.05, 0) is 45.0 Å². The molecule has 2 aromatic heterocycles. The van der Waals surface area contributed by atoms with Crippen molar-refractivity contribution < 1.29 is 22.4 Å². The molecule has 0 aliphatic carbocycles. The fraction of sp³-hybridized carbons (Fsp3) is 0.263. The summed E-state index contributed by atoms with van der Waals surface area (Å²) in [6.45, 7) is 5.11. The lowest BCUT2D eigenvalue weighted by molar-refractivity contribution is -0.137. The Bertz CT molecular complexity index is 1000. The molecule has 2 heterocycles. The van der Waals surface area contributed by atoms with Crippen molar-refractivity contribution in [3.05, 3.63) is 65.4 Å². The average Bonchev–Trinajstić information content (AvgIpc) is 3.19. The van der Waals surface area contributed by atoms with E-state index in [9.17, 15) is 22.4 Å². The van der Waals surface area contributed by atoms with Crippen molar-refractivity contribution in [2.75, 3.05) is 5.32 Å². The van der Waals surface area contributed by atoms with E-state index >= 15 is 0 Å². The van der Waals surface area contributed by atoms with Gasteiger partial charge in [0, 0.05) is 24.5 Å². The first-order valence-electron chi connectivity index (χ1n) is 8.49. The van der Waals surface area contributed by atoms with Gasteiger partial charge >= 0.3 is 6.18 Å². The van der Waals surface area contributed by atoms with Crippen molar-refractivity contribution in [3.8, 4) is 5.69 Å². The van der Waals surface area contributed by atoms with Gasteiger partial charge in [-0.25, -0.2) is 9.07 Å². The molecule has 148 valence electrons. The van der Waals surface area contributed by atoms with E-state index in [0.717, 1.165) is 6.20 Å². The fourth-order valence-electron chi connectivity index (χ4n) is 2.73. The van der Waals surface area contributed by atoms with Gasteiger partial charge in [0.2, 0.25) is 0 Å². The number of amides is 1. The second-order valence-corrected chi connectivity index (χ2v) is 6.64. The predicted molar refractivity (Wildman–Crippen MR) is 96.0 cm³/mol. The van der Waals surface area contributed by atoms with E-state index in [2.05, 4.69) is 10.4 Å². The highest BCUT2D eigenvalue weighted by Crippen LogP contribution is 2.34. The molecule has 1 amide bonds. The molecule has 0 saturated carbocycles. The SMILES string of the molecule is Cc1cc(NC(=O)c2cn(C(C)C)cc2C(F)(F)F)n(-c2ccc(F)cc2)n1. The highest BCUT2D eigenvalue weighted by atomic mass is 19.4. The van der Waals surface area contributed by atoms with Crippen molar-refractivity contribution in [2.45, 2.75) is 33.0 Å². The quantitative estimate of drug-likeness (QED) is 0.635. The summed E-state index contributed by atoms with van der Waals surface area (Å²) in [5.41, 5.74) is -0.495. The molecule has 3 rings (SSSR count). The number of hydrogen-bond donors (Lipinski definition) is 1. The molecule has 28 heavy (non-hydrogen) atoms. The maximum absolute atomic E-state index is 13.4. The molecular weight excluding hydrogens is 376 g/mol. The number of aryl methyl sites for hydroxylation is 1. The van der Waals surface area contributed by atoms with Crippen LogP contribution in [0.1, 0.15) is 41.5 Å². The van der Waals surface area contributed by atoms with Crippen molar-refractivity contribution >= 4 is 11.7 Å².